The van der Waals surface area contributed by atoms with E-state index in [-0.39, 0.29) is 24.4 Å². The van der Waals surface area contributed by atoms with Crippen LogP contribution in [0, 0.1) is 12.7 Å². The molecular formula is C12H19FN2O3S. The molecule has 0 amide bonds. The van der Waals surface area contributed by atoms with Crippen molar-refractivity contribution >= 4 is 15.7 Å². The Morgan fingerprint density at radius 1 is 1.42 bits per heavy atom. The molecular weight excluding hydrogens is 271 g/mol. The highest BCUT2D eigenvalue weighted by Crippen LogP contribution is 2.23. The molecule has 5 nitrogen and oxygen atoms in total. The van der Waals surface area contributed by atoms with E-state index in [1.54, 1.807) is 0 Å². The lowest BCUT2D eigenvalue weighted by molar-refractivity contribution is 0.138. The third-order valence-corrected chi connectivity index (χ3v) is 4.54. The van der Waals surface area contributed by atoms with Crippen LogP contribution >= 0.6 is 0 Å². The van der Waals surface area contributed by atoms with E-state index in [1.807, 2.05) is 6.92 Å². The van der Waals surface area contributed by atoms with Gasteiger partial charge in [0.2, 0.25) is 10.0 Å². The van der Waals surface area contributed by atoms with Crippen molar-refractivity contribution in [1.29, 1.82) is 0 Å². The molecule has 108 valence electrons. The van der Waals surface area contributed by atoms with Gasteiger partial charge < -0.3 is 10.5 Å². The van der Waals surface area contributed by atoms with Crippen LogP contribution in [0.2, 0.25) is 0 Å². The number of benzene rings is 1. The average molecular weight is 290 g/mol. The van der Waals surface area contributed by atoms with E-state index in [4.69, 9.17) is 10.5 Å². The van der Waals surface area contributed by atoms with Crippen LogP contribution in [0.4, 0.5) is 10.1 Å². The van der Waals surface area contributed by atoms with Crippen LogP contribution in [0.15, 0.2) is 17.0 Å². The van der Waals surface area contributed by atoms with Crippen molar-refractivity contribution in [2.75, 3.05) is 32.5 Å². The van der Waals surface area contributed by atoms with E-state index in [2.05, 4.69) is 0 Å². The number of ether oxygens (including phenoxy) is 1. The number of hydrogen-bond acceptors (Lipinski definition) is 4. The van der Waals surface area contributed by atoms with E-state index in [0.717, 1.165) is 10.4 Å². The molecule has 0 radical (unpaired) electrons. The molecule has 0 fully saturated rings. The SMILES string of the molecule is CCOCCN(C)S(=O)(=O)c1cc(N)cc(C)c1F. The van der Waals surface area contributed by atoms with Gasteiger partial charge in [-0.2, -0.15) is 4.31 Å². The van der Waals surface area contributed by atoms with Crippen molar-refractivity contribution in [2.24, 2.45) is 0 Å². The highest BCUT2D eigenvalue weighted by Gasteiger charge is 2.25. The molecule has 7 heteroatoms. The standard InChI is InChI=1S/C12H19FN2O3S/c1-4-18-6-5-15(3)19(16,17)11-8-10(14)7-9(2)12(11)13/h7-8H,4-6,14H2,1-3H3. The molecule has 0 aromatic heterocycles. The number of halogens is 1. The van der Waals surface area contributed by atoms with Gasteiger partial charge in [-0.1, -0.05) is 0 Å². The van der Waals surface area contributed by atoms with Crippen LogP contribution in [-0.2, 0) is 14.8 Å². The fraction of sp³-hybridized carbons (Fsp3) is 0.500. The van der Waals surface area contributed by atoms with Crippen molar-refractivity contribution in [3.63, 3.8) is 0 Å². The van der Waals surface area contributed by atoms with E-state index in [1.165, 1.54) is 20.0 Å². The van der Waals surface area contributed by atoms with Crippen molar-refractivity contribution < 1.29 is 17.5 Å². The first-order valence-corrected chi connectivity index (χ1v) is 7.34. The smallest absolute Gasteiger partial charge is 0.245 e. The molecule has 0 heterocycles. The van der Waals surface area contributed by atoms with Gasteiger partial charge in [-0.05, 0) is 31.5 Å². The van der Waals surface area contributed by atoms with Gasteiger partial charge in [0.15, 0.2) is 0 Å². The van der Waals surface area contributed by atoms with Crippen LogP contribution in [-0.4, -0.2) is 39.5 Å². The molecule has 0 aliphatic rings. The Balaban J connectivity index is 3.06. The van der Waals surface area contributed by atoms with Gasteiger partial charge in [0.05, 0.1) is 6.61 Å². The molecule has 19 heavy (non-hydrogen) atoms. The number of likely N-dealkylation sites (N-methyl/N-ethyl adjacent to an activating group) is 1. The quantitative estimate of drug-likeness (QED) is 0.634. The number of sulfonamides is 1. The number of nitrogen functional groups attached to an aromatic ring is 1. The van der Waals surface area contributed by atoms with Gasteiger partial charge in [-0.25, -0.2) is 12.8 Å². The van der Waals surface area contributed by atoms with Crippen molar-refractivity contribution in [1.82, 2.24) is 4.31 Å². The fourth-order valence-corrected chi connectivity index (χ4v) is 2.90. The van der Waals surface area contributed by atoms with Gasteiger partial charge in [0.1, 0.15) is 10.7 Å². The molecule has 1 aromatic carbocycles. The maximum absolute atomic E-state index is 13.9. The van der Waals surface area contributed by atoms with Gasteiger partial charge in [0, 0.05) is 25.9 Å². The first-order chi connectivity index (χ1) is 8.80. The van der Waals surface area contributed by atoms with Gasteiger partial charge in [-0.3, -0.25) is 0 Å². The van der Waals surface area contributed by atoms with Gasteiger partial charge in [0.25, 0.3) is 0 Å². The lowest BCUT2D eigenvalue weighted by Crippen LogP contribution is -2.31. The van der Waals surface area contributed by atoms with Crippen molar-refractivity contribution in [2.45, 2.75) is 18.7 Å². The fourth-order valence-electron chi connectivity index (χ4n) is 1.58. The second-order valence-electron chi connectivity index (χ2n) is 4.17. The van der Waals surface area contributed by atoms with Crippen LogP contribution in [0.1, 0.15) is 12.5 Å². The van der Waals surface area contributed by atoms with E-state index in [0.29, 0.717) is 6.61 Å². The summed E-state index contributed by atoms with van der Waals surface area (Å²) in [5.74, 6) is -0.766. The molecule has 0 aliphatic carbocycles. The first kappa shape index (κ1) is 15.9. The maximum Gasteiger partial charge on any atom is 0.245 e. The number of anilines is 1. The van der Waals surface area contributed by atoms with E-state index < -0.39 is 20.7 Å². The van der Waals surface area contributed by atoms with Crippen molar-refractivity contribution in [3.8, 4) is 0 Å². The summed E-state index contributed by atoms with van der Waals surface area (Å²) in [6, 6.07) is 2.53. The van der Waals surface area contributed by atoms with Crippen LogP contribution < -0.4 is 5.73 Å². The van der Waals surface area contributed by atoms with Crippen LogP contribution in [0.3, 0.4) is 0 Å². The average Bonchev–Trinajstić information content (AvgIpc) is 2.33. The second kappa shape index (κ2) is 6.31. The van der Waals surface area contributed by atoms with Gasteiger partial charge >= 0.3 is 0 Å². The Morgan fingerprint density at radius 2 is 2.05 bits per heavy atom. The lowest BCUT2D eigenvalue weighted by atomic mass is 10.2. The number of nitrogens with two attached hydrogens (primary N) is 1. The third kappa shape index (κ3) is 3.65. The molecule has 0 aliphatic heterocycles. The Labute approximate surface area is 113 Å². The highest BCUT2D eigenvalue weighted by atomic mass is 32.2. The number of nitrogens with zero attached hydrogens (tertiary/aromatic N) is 1. The predicted octanol–water partition coefficient (Wildman–Crippen LogP) is 1.37. The zero-order chi connectivity index (χ0) is 14.6. The molecule has 0 saturated carbocycles. The summed E-state index contributed by atoms with van der Waals surface area (Å²) in [4.78, 5) is -0.399. The number of hydrogen-bond donors (Lipinski definition) is 1. The molecule has 0 spiro atoms. The topological polar surface area (TPSA) is 72.6 Å². The Morgan fingerprint density at radius 3 is 2.63 bits per heavy atom. The van der Waals surface area contributed by atoms with Crippen LogP contribution in [0.5, 0.6) is 0 Å². The summed E-state index contributed by atoms with van der Waals surface area (Å²) in [5.41, 5.74) is 6.00. The zero-order valence-corrected chi connectivity index (χ0v) is 12.1. The summed E-state index contributed by atoms with van der Waals surface area (Å²) in [7, 11) is -2.52. The molecule has 0 bridgehead atoms. The minimum absolute atomic E-state index is 0.156. The van der Waals surface area contributed by atoms with Gasteiger partial charge in [-0.15, -0.1) is 0 Å². The summed E-state index contributed by atoms with van der Waals surface area (Å²) >= 11 is 0. The predicted molar refractivity (Wildman–Crippen MR) is 71.9 cm³/mol. The maximum atomic E-state index is 13.9. The summed E-state index contributed by atoms with van der Waals surface area (Å²) in [6.45, 7) is 4.21. The number of rotatable bonds is 6. The molecule has 0 atom stereocenters. The normalized spacial score (nSPS) is 12.1. The lowest BCUT2D eigenvalue weighted by Gasteiger charge is -2.18. The molecule has 0 unspecified atom stereocenters. The minimum atomic E-state index is -3.90. The summed E-state index contributed by atoms with van der Waals surface area (Å²) in [5, 5.41) is 0. The third-order valence-electron chi connectivity index (χ3n) is 2.69. The Bertz CT molecular complexity index is 546. The van der Waals surface area contributed by atoms with E-state index >= 15 is 0 Å². The summed E-state index contributed by atoms with van der Waals surface area (Å²) < 4.78 is 44.5. The second-order valence-corrected chi connectivity index (χ2v) is 6.19. The first-order valence-electron chi connectivity index (χ1n) is 5.90. The number of aryl methyl sites for hydroxylation is 1. The van der Waals surface area contributed by atoms with Crippen LogP contribution in [0.25, 0.3) is 0 Å². The molecule has 1 rings (SSSR count). The Kier molecular flexibility index (Phi) is 5.28. The van der Waals surface area contributed by atoms with E-state index in [9.17, 15) is 12.8 Å². The molecule has 0 saturated heterocycles. The highest BCUT2D eigenvalue weighted by molar-refractivity contribution is 7.89. The summed E-state index contributed by atoms with van der Waals surface area (Å²) in [6.07, 6.45) is 0. The monoisotopic (exact) mass is 290 g/mol. The molecule has 1 aromatic rings. The zero-order valence-electron chi connectivity index (χ0n) is 11.3. The largest absolute Gasteiger partial charge is 0.399 e. The van der Waals surface area contributed by atoms with Crippen molar-refractivity contribution in [3.05, 3.63) is 23.5 Å². The molecule has 2 N–H and O–H groups in total. The minimum Gasteiger partial charge on any atom is -0.399 e. The Hall–Kier alpha value is -1.18.